The zero-order chi connectivity index (χ0) is 21.5. The van der Waals surface area contributed by atoms with Crippen LogP contribution < -0.4 is 5.32 Å². The Morgan fingerprint density at radius 2 is 1.70 bits per heavy atom. The Hall–Kier alpha value is -2.33. The first kappa shape index (κ1) is 22.4. The van der Waals surface area contributed by atoms with E-state index in [-0.39, 0.29) is 24.3 Å². The maximum atomic E-state index is 13.4. The molecule has 30 heavy (non-hydrogen) atoms. The van der Waals surface area contributed by atoms with Gasteiger partial charge in [0.15, 0.2) is 0 Å². The van der Waals surface area contributed by atoms with E-state index in [1.54, 1.807) is 11.0 Å². The third-order valence-corrected chi connectivity index (χ3v) is 6.36. The van der Waals surface area contributed by atoms with E-state index in [1.807, 2.05) is 56.3 Å². The second-order valence-electron chi connectivity index (χ2n) is 8.13. The van der Waals surface area contributed by atoms with Crippen LogP contribution in [0.25, 0.3) is 0 Å². The molecule has 0 aliphatic heterocycles. The van der Waals surface area contributed by atoms with Crippen molar-refractivity contribution in [3.8, 4) is 0 Å². The standard InChI is InChI=1S/C25H31ClN2O2/c1-3-23(25(30)27-21-13-7-8-14-21)28(17-20-12-5-4-10-18(20)2)24(29)16-19-11-6-9-15-22(19)26/h4-6,9-12,15,21,23H,3,7-8,13-14,16-17H2,1-2H3,(H,27,30)/t23-/m0/s1. The number of carbonyl (C=O) groups excluding carboxylic acids is 2. The summed E-state index contributed by atoms with van der Waals surface area (Å²) in [5.41, 5.74) is 2.95. The SMILES string of the molecule is CC[C@@H](C(=O)NC1CCCC1)N(Cc1ccccc1C)C(=O)Cc1ccccc1Cl. The first-order chi connectivity index (χ1) is 14.5. The number of aryl methyl sites for hydroxylation is 1. The van der Waals surface area contributed by atoms with Crippen molar-refractivity contribution in [3.05, 3.63) is 70.2 Å². The summed E-state index contributed by atoms with van der Waals surface area (Å²) >= 11 is 6.30. The van der Waals surface area contributed by atoms with Crippen molar-refractivity contribution in [1.29, 1.82) is 0 Å². The molecule has 0 aromatic heterocycles. The van der Waals surface area contributed by atoms with Crippen LogP contribution in [0, 0.1) is 6.92 Å². The molecule has 0 radical (unpaired) electrons. The van der Waals surface area contributed by atoms with Crippen molar-refractivity contribution < 1.29 is 9.59 Å². The molecule has 2 aromatic rings. The van der Waals surface area contributed by atoms with Crippen LogP contribution in [-0.4, -0.2) is 28.8 Å². The lowest BCUT2D eigenvalue weighted by molar-refractivity contribution is -0.141. The summed E-state index contributed by atoms with van der Waals surface area (Å²) in [7, 11) is 0. The van der Waals surface area contributed by atoms with Gasteiger partial charge in [0.25, 0.3) is 0 Å². The molecule has 0 bridgehead atoms. The van der Waals surface area contributed by atoms with Gasteiger partial charge >= 0.3 is 0 Å². The highest BCUT2D eigenvalue weighted by atomic mass is 35.5. The van der Waals surface area contributed by atoms with E-state index < -0.39 is 6.04 Å². The number of nitrogens with zero attached hydrogens (tertiary/aromatic N) is 1. The van der Waals surface area contributed by atoms with Gasteiger partial charge in [0, 0.05) is 17.6 Å². The summed E-state index contributed by atoms with van der Waals surface area (Å²) in [6.45, 7) is 4.41. The van der Waals surface area contributed by atoms with Gasteiger partial charge in [-0.25, -0.2) is 0 Å². The van der Waals surface area contributed by atoms with Gasteiger partial charge in [0.2, 0.25) is 11.8 Å². The highest BCUT2D eigenvalue weighted by Crippen LogP contribution is 2.22. The Morgan fingerprint density at radius 3 is 2.33 bits per heavy atom. The number of nitrogens with one attached hydrogen (secondary N) is 1. The average molecular weight is 427 g/mol. The molecule has 0 spiro atoms. The topological polar surface area (TPSA) is 49.4 Å². The number of benzene rings is 2. The van der Waals surface area contributed by atoms with Crippen molar-refractivity contribution in [3.63, 3.8) is 0 Å². The first-order valence-electron chi connectivity index (χ1n) is 10.9. The number of amides is 2. The van der Waals surface area contributed by atoms with Crippen molar-refractivity contribution in [2.24, 2.45) is 0 Å². The van der Waals surface area contributed by atoms with E-state index in [0.29, 0.717) is 18.0 Å². The van der Waals surface area contributed by atoms with Crippen LogP contribution in [0.1, 0.15) is 55.7 Å². The minimum Gasteiger partial charge on any atom is -0.352 e. The minimum absolute atomic E-state index is 0.0505. The van der Waals surface area contributed by atoms with Gasteiger partial charge in [-0.05, 0) is 48.9 Å². The second kappa shape index (κ2) is 10.6. The fourth-order valence-electron chi connectivity index (χ4n) is 4.16. The van der Waals surface area contributed by atoms with Crippen molar-refractivity contribution >= 4 is 23.4 Å². The van der Waals surface area contributed by atoms with E-state index in [4.69, 9.17) is 11.6 Å². The van der Waals surface area contributed by atoms with Gasteiger partial charge in [0.05, 0.1) is 6.42 Å². The van der Waals surface area contributed by atoms with Crippen LogP contribution in [-0.2, 0) is 22.6 Å². The molecule has 1 N–H and O–H groups in total. The molecule has 2 amide bonds. The zero-order valence-corrected chi connectivity index (χ0v) is 18.6. The fraction of sp³-hybridized carbons (Fsp3) is 0.440. The highest BCUT2D eigenvalue weighted by Gasteiger charge is 2.31. The third-order valence-electron chi connectivity index (χ3n) is 5.99. The molecule has 0 saturated heterocycles. The van der Waals surface area contributed by atoms with E-state index >= 15 is 0 Å². The Balaban J connectivity index is 1.84. The smallest absolute Gasteiger partial charge is 0.243 e. The number of carbonyl (C=O) groups is 2. The Bertz CT molecular complexity index is 877. The second-order valence-corrected chi connectivity index (χ2v) is 8.54. The molecule has 4 nitrogen and oxygen atoms in total. The van der Waals surface area contributed by atoms with Crippen molar-refractivity contribution in [2.75, 3.05) is 0 Å². The number of hydrogen-bond donors (Lipinski definition) is 1. The predicted octanol–water partition coefficient (Wildman–Crippen LogP) is 5.06. The number of rotatable bonds is 8. The summed E-state index contributed by atoms with van der Waals surface area (Å²) in [5, 5.41) is 3.76. The van der Waals surface area contributed by atoms with Crippen molar-refractivity contribution in [1.82, 2.24) is 10.2 Å². The predicted molar refractivity (Wildman–Crippen MR) is 121 cm³/mol. The van der Waals surface area contributed by atoms with Gasteiger partial charge in [0.1, 0.15) is 6.04 Å². The molecule has 1 fully saturated rings. The Kier molecular flexibility index (Phi) is 7.92. The van der Waals surface area contributed by atoms with E-state index in [2.05, 4.69) is 5.32 Å². The molecule has 2 aromatic carbocycles. The minimum atomic E-state index is -0.500. The van der Waals surface area contributed by atoms with Gasteiger partial charge < -0.3 is 10.2 Å². The molecule has 1 aliphatic rings. The lowest BCUT2D eigenvalue weighted by Crippen LogP contribution is -2.51. The molecule has 5 heteroatoms. The number of halogens is 1. The fourth-order valence-corrected chi connectivity index (χ4v) is 4.37. The van der Waals surface area contributed by atoms with Gasteiger partial charge in [-0.2, -0.15) is 0 Å². The molecule has 1 aliphatic carbocycles. The van der Waals surface area contributed by atoms with Crippen LogP contribution in [0.4, 0.5) is 0 Å². The average Bonchev–Trinajstić information content (AvgIpc) is 3.24. The summed E-state index contributed by atoms with van der Waals surface area (Å²) in [6.07, 6.45) is 5.10. The molecular weight excluding hydrogens is 396 g/mol. The summed E-state index contributed by atoms with van der Waals surface area (Å²) in [6, 6.07) is 15.1. The van der Waals surface area contributed by atoms with E-state index in [9.17, 15) is 9.59 Å². The van der Waals surface area contributed by atoms with Crippen LogP contribution in [0.2, 0.25) is 5.02 Å². The summed E-state index contributed by atoms with van der Waals surface area (Å²) < 4.78 is 0. The molecule has 160 valence electrons. The quantitative estimate of drug-likeness (QED) is 0.641. The monoisotopic (exact) mass is 426 g/mol. The largest absolute Gasteiger partial charge is 0.352 e. The third kappa shape index (κ3) is 5.63. The lowest BCUT2D eigenvalue weighted by atomic mass is 10.0. The molecule has 1 saturated carbocycles. The molecule has 3 rings (SSSR count). The van der Waals surface area contributed by atoms with Crippen LogP contribution in [0.15, 0.2) is 48.5 Å². The highest BCUT2D eigenvalue weighted by molar-refractivity contribution is 6.31. The molecule has 0 unspecified atom stereocenters. The summed E-state index contributed by atoms with van der Waals surface area (Å²) in [5.74, 6) is -0.134. The summed E-state index contributed by atoms with van der Waals surface area (Å²) in [4.78, 5) is 28.3. The van der Waals surface area contributed by atoms with Gasteiger partial charge in [-0.3, -0.25) is 9.59 Å². The van der Waals surface area contributed by atoms with Gasteiger partial charge in [-0.1, -0.05) is 73.8 Å². The zero-order valence-electron chi connectivity index (χ0n) is 17.9. The Labute approximate surface area is 184 Å². The lowest BCUT2D eigenvalue weighted by Gasteiger charge is -2.32. The van der Waals surface area contributed by atoms with E-state index in [1.165, 1.54) is 0 Å². The van der Waals surface area contributed by atoms with Crippen LogP contribution >= 0.6 is 11.6 Å². The van der Waals surface area contributed by atoms with Gasteiger partial charge in [-0.15, -0.1) is 0 Å². The number of hydrogen-bond acceptors (Lipinski definition) is 2. The van der Waals surface area contributed by atoms with Crippen molar-refractivity contribution in [2.45, 2.75) is 71.0 Å². The molecule has 1 atom stereocenters. The van der Waals surface area contributed by atoms with Crippen LogP contribution in [0.3, 0.4) is 0 Å². The van der Waals surface area contributed by atoms with Crippen LogP contribution in [0.5, 0.6) is 0 Å². The molecular formula is C25H31ClN2O2. The Morgan fingerprint density at radius 1 is 1.07 bits per heavy atom. The molecule has 0 heterocycles. The first-order valence-corrected chi connectivity index (χ1v) is 11.2. The maximum Gasteiger partial charge on any atom is 0.243 e. The normalized spacial score (nSPS) is 15.0. The maximum absolute atomic E-state index is 13.4. The van der Waals surface area contributed by atoms with E-state index in [0.717, 1.165) is 42.4 Å².